The smallest absolute Gasteiger partial charge is 0.228 e. The summed E-state index contributed by atoms with van der Waals surface area (Å²) in [5.41, 5.74) is 1.42. The van der Waals surface area contributed by atoms with E-state index in [0.29, 0.717) is 10.2 Å². The lowest BCUT2D eigenvalue weighted by Crippen LogP contribution is -2.03. The van der Waals surface area contributed by atoms with Crippen LogP contribution in [0.1, 0.15) is 5.56 Å². The molecule has 0 bridgehead atoms. The van der Waals surface area contributed by atoms with E-state index in [-0.39, 0.29) is 18.1 Å². The van der Waals surface area contributed by atoms with Crippen LogP contribution >= 0.6 is 15.9 Å². The SMILES string of the molecule is O=C1Cc2cc(F)c(Br)cc2N1. The molecule has 2 nitrogen and oxygen atoms in total. The molecule has 1 aliphatic heterocycles. The summed E-state index contributed by atoms with van der Waals surface area (Å²) in [4.78, 5) is 10.9. The Hall–Kier alpha value is -0.900. The fourth-order valence-electron chi connectivity index (χ4n) is 1.22. The summed E-state index contributed by atoms with van der Waals surface area (Å²) in [6.45, 7) is 0. The first-order chi connectivity index (χ1) is 5.66. The molecule has 0 saturated carbocycles. The van der Waals surface area contributed by atoms with Crippen LogP contribution < -0.4 is 5.32 Å². The van der Waals surface area contributed by atoms with Gasteiger partial charge in [0.25, 0.3) is 0 Å². The zero-order chi connectivity index (χ0) is 8.72. The number of hydrogen-bond donors (Lipinski definition) is 1. The molecular formula is C8H5BrFNO. The maximum Gasteiger partial charge on any atom is 0.228 e. The Morgan fingerprint density at radius 2 is 2.25 bits per heavy atom. The number of anilines is 1. The summed E-state index contributed by atoms with van der Waals surface area (Å²) in [5, 5.41) is 2.63. The van der Waals surface area contributed by atoms with Crippen molar-refractivity contribution in [3.05, 3.63) is 28.0 Å². The molecule has 1 aromatic carbocycles. The van der Waals surface area contributed by atoms with Crippen LogP contribution in [0.2, 0.25) is 0 Å². The minimum atomic E-state index is -0.328. The van der Waals surface area contributed by atoms with Gasteiger partial charge in [-0.05, 0) is 33.6 Å². The molecule has 12 heavy (non-hydrogen) atoms. The molecule has 0 radical (unpaired) electrons. The van der Waals surface area contributed by atoms with Crippen LogP contribution in [0.4, 0.5) is 10.1 Å². The molecule has 1 aromatic rings. The fourth-order valence-corrected chi connectivity index (χ4v) is 1.56. The van der Waals surface area contributed by atoms with E-state index in [2.05, 4.69) is 21.2 Å². The van der Waals surface area contributed by atoms with Crippen molar-refractivity contribution in [1.29, 1.82) is 0 Å². The molecule has 0 aliphatic carbocycles. The van der Waals surface area contributed by atoms with Gasteiger partial charge >= 0.3 is 0 Å². The Labute approximate surface area is 76.9 Å². The summed E-state index contributed by atoms with van der Waals surface area (Å²) >= 11 is 3.04. The van der Waals surface area contributed by atoms with Crippen LogP contribution in [0.5, 0.6) is 0 Å². The third kappa shape index (κ3) is 1.12. The van der Waals surface area contributed by atoms with Crippen molar-refractivity contribution in [3.63, 3.8) is 0 Å². The van der Waals surface area contributed by atoms with Crippen LogP contribution in [-0.4, -0.2) is 5.91 Å². The van der Waals surface area contributed by atoms with Crippen LogP contribution in [0.15, 0.2) is 16.6 Å². The van der Waals surface area contributed by atoms with E-state index in [1.807, 2.05) is 0 Å². The number of amides is 1. The Morgan fingerprint density at radius 1 is 1.50 bits per heavy atom. The molecule has 1 N–H and O–H groups in total. The van der Waals surface area contributed by atoms with Gasteiger partial charge in [-0.25, -0.2) is 4.39 Å². The average Bonchev–Trinajstić information content (AvgIpc) is 2.30. The van der Waals surface area contributed by atoms with Crippen LogP contribution in [-0.2, 0) is 11.2 Å². The van der Waals surface area contributed by atoms with Crippen molar-refractivity contribution in [2.45, 2.75) is 6.42 Å². The molecule has 1 aliphatic rings. The van der Waals surface area contributed by atoms with E-state index < -0.39 is 0 Å². The van der Waals surface area contributed by atoms with Crippen LogP contribution in [0, 0.1) is 5.82 Å². The summed E-state index contributed by atoms with van der Waals surface area (Å²) in [6, 6.07) is 2.95. The van der Waals surface area contributed by atoms with E-state index in [0.717, 1.165) is 5.56 Å². The van der Waals surface area contributed by atoms with Gasteiger partial charge in [0.05, 0.1) is 10.9 Å². The molecule has 4 heteroatoms. The summed E-state index contributed by atoms with van der Waals surface area (Å²) < 4.78 is 13.3. The molecule has 2 rings (SSSR count). The molecular weight excluding hydrogens is 225 g/mol. The van der Waals surface area contributed by atoms with Gasteiger partial charge < -0.3 is 5.32 Å². The number of benzene rings is 1. The van der Waals surface area contributed by atoms with Gasteiger partial charge in [0.1, 0.15) is 5.82 Å². The third-order valence-corrected chi connectivity index (χ3v) is 2.38. The Balaban J connectivity index is 2.55. The highest BCUT2D eigenvalue weighted by Crippen LogP contribution is 2.28. The minimum absolute atomic E-state index is 0.0810. The number of fused-ring (bicyclic) bond motifs is 1. The van der Waals surface area contributed by atoms with Crippen molar-refractivity contribution in [2.75, 3.05) is 5.32 Å². The Bertz CT molecular complexity index is 331. The van der Waals surface area contributed by atoms with Gasteiger partial charge in [0, 0.05) is 5.69 Å². The molecule has 0 atom stereocenters. The zero-order valence-electron chi connectivity index (χ0n) is 6.03. The Kier molecular flexibility index (Phi) is 1.65. The highest BCUT2D eigenvalue weighted by molar-refractivity contribution is 9.10. The number of carbonyl (C=O) groups is 1. The number of nitrogens with one attached hydrogen (secondary N) is 1. The predicted octanol–water partition coefficient (Wildman–Crippen LogP) is 2.08. The van der Waals surface area contributed by atoms with Crippen molar-refractivity contribution < 1.29 is 9.18 Å². The molecule has 1 amide bonds. The normalized spacial score (nSPS) is 14.3. The van der Waals surface area contributed by atoms with E-state index in [1.165, 1.54) is 6.07 Å². The van der Waals surface area contributed by atoms with Crippen molar-refractivity contribution in [2.24, 2.45) is 0 Å². The van der Waals surface area contributed by atoms with Gasteiger partial charge in [0.15, 0.2) is 0 Å². The van der Waals surface area contributed by atoms with Gasteiger partial charge in [-0.3, -0.25) is 4.79 Å². The zero-order valence-corrected chi connectivity index (χ0v) is 7.61. The molecule has 0 unspecified atom stereocenters. The first kappa shape index (κ1) is 7.73. The maximum absolute atomic E-state index is 12.9. The molecule has 0 saturated heterocycles. The lowest BCUT2D eigenvalue weighted by molar-refractivity contribution is -0.115. The standard InChI is InChI=1S/C8H5BrFNO/c9-5-3-7-4(1-6(5)10)2-8(12)11-7/h1,3H,2H2,(H,11,12). The van der Waals surface area contributed by atoms with E-state index in [4.69, 9.17) is 0 Å². The monoisotopic (exact) mass is 229 g/mol. The summed E-state index contributed by atoms with van der Waals surface area (Å²) in [7, 11) is 0. The predicted molar refractivity (Wildman–Crippen MR) is 46.4 cm³/mol. The molecule has 1 heterocycles. The average molecular weight is 230 g/mol. The largest absolute Gasteiger partial charge is 0.325 e. The van der Waals surface area contributed by atoms with E-state index in [9.17, 15) is 9.18 Å². The summed E-state index contributed by atoms with van der Waals surface area (Å²) in [6.07, 6.45) is 0.277. The third-order valence-electron chi connectivity index (χ3n) is 1.77. The highest BCUT2D eigenvalue weighted by Gasteiger charge is 2.19. The molecule has 0 aromatic heterocycles. The van der Waals surface area contributed by atoms with Crippen molar-refractivity contribution in [1.82, 2.24) is 0 Å². The van der Waals surface area contributed by atoms with Gasteiger partial charge in [-0.1, -0.05) is 0 Å². The molecule has 0 spiro atoms. The first-order valence-corrected chi connectivity index (χ1v) is 4.24. The number of halogens is 2. The second-order valence-corrected chi connectivity index (χ2v) is 3.50. The first-order valence-electron chi connectivity index (χ1n) is 3.44. The lowest BCUT2D eigenvalue weighted by atomic mass is 10.2. The fraction of sp³-hybridized carbons (Fsp3) is 0.125. The van der Waals surface area contributed by atoms with E-state index >= 15 is 0 Å². The lowest BCUT2D eigenvalue weighted by Gasteiger charge is -1.99. The van der Waals surface area contributed by atoms with Gasteiger partial charge in [-0.15, -0.1) is 0 Å². The van der Waals surface area contributed by atoms with Crippen molar-refractivity contribution >= 4 is 27.5 Å². The Morgan fingerprint density at radius 3 is 3.00 bits per heavy atom. The van der Waals surface area contributed by atoms with Crippen molar-refractivity contribution in [3.8, 4) is 0 Å². The van der Waals surface area contributed by atoms with Gasteiger partial charge in [0.2, 0.25) is 5.91 Å². The number of rotatable bonds is 0. The minimum Gasteiger partial charge on any atom is -0.325 e. The topological polar surface area (TPSA) is 29.1 Å². The molecule has 0 fully saturated rings. The second kappa shape index (κ2) is 2.55. The van der Waals surface area contributed by atoms with Crippen LogP contribution in [0.3, 0.4) is 0 Å². The second-order valence-electron chi connectivity index (χ2n) is 2.65. The van der Waals surface area contributed by atoms with E-state index in [1.54, 1.807) is 6.07 Å². The maximum atomic E-state index is 12.9. The van der Waals surface area contributed by atoms with Crippen LogP contribution in [0.25, 0.3) is 0 Å². The van der Waals surface area contributed by atoms with Gasteiger partial charge in [-0.2, -0.15) is 0 Å². The quantitative estimate of drug-likeness (QED) is 0.726. The highest BCUT2D eigenvalue weighted by atomic mass is 79.9. The number of carbonyl (C=O) groups excluding carboxylic acids is 1. The number of hydrogen-bond acceptors (Lipinski definition) is 1. The summed E-state index contributed by atoms with van der Waals surface area (Å²) in [5.74, 6) is -0.409. The molecule has 62 valence electrons.